The topological polar surface area (TPSA) is 49.3 Å². The molecule has 1 aliphatic rings. The van der Waals surface area contributed by atoms with Crippen LogP contribution in [0.3, 0.4) is 0 Å². The second kappa shape index (κ2) is 4.33. The molecule has 1 saturated heterocycles. The van der Waals surface area contributed by atoms with Crippen LogP contribution in [0, 0.1) is 6.92 Å². The summed E-state index contributed by atoms with van der Waals surface area (Å²) in [5.41, 5.74) is 0. The molecule has 0 spiro atoms. The van der Waals surface area contributed by atoms with Crippen molar-refractivity contribution in [3.05, 3.63) is 21.9 Å². The van der Waals surface area contributed by atoms with E-state index in [1.807, 2.05) is 0 Å². The van der Waals surface area contributed by atoms with E-state index in [0.717, 1.165) is 19.4 Å². The van der Waals surface area contributed by atoms with Crippen LogP contribution in [-0.2, 0) is 4.79 Å². The summed E-state index contributed by atoms with van der Waals surface area (Å²) < 4.78 is 0. The third-order valence-corrected chi connectivity index (χ3v) is 4.03. The van der Waals surface area contributed by atoms with E-state index in [-0.39, 0.29) is 6.04 Å². The zero-order valence-electron chi connectivity index (χ0n) is 8.69. The van der Waals surface area contributed by atoms with Crippen molar-refractivity contribution >= 4 is 17.3 Å². The maximum absolute atomic E-state index is 10.9. The molecule has 1 aromatic heterocycles. The zero-order chi connectivity index (χ0) is 10.8. The predicted octanol–water partition coefficient (Wildman–Crippen LogP) is 1.98. The highest BCUT2D eigenvalue weighted by molar-refractivity contribution is 7.12. The number of carboxylic acids is 1. The molecule has 2 N–H and O–H groups in total. The van der Waals surface area contributed by atoms with E-state index in [9.17, 15) is 4.79 Å². The number of carbonyl (C=O) groups is 1. The number of aliphatic carboxylic acids is 1. The summed E-state index contributed by atoms with van der Waals surface area (Å²) in [6.07, 6.45) is 1.76. The van der Waals surface area contributed by atoms with Crippen LogP contribution in [0.2, 0.25) is 0 Å². The molecule has 0 aromatic carbocycles. The summed E-state index contributed by atoms with van der Waals surface area (Å²) in [7, 11) is 0. The van der Waals surface area contributed by atoms with Gasteiger partial charge in [-0.15, -0.1) is 11.3 Å². The number of nitrogens with one attached hydrogen (secondary N) is 1. The Morgan fingerprint density at radius 1 is 1.60 bits per heavy atom. The fraction of sp³-hybridized carbons (Fsp3) is 0.545. The normalized spacial score (nSPS) is 26.5. The molecule has 0 amide bonds. The molecule has 3 nitrogen and oxygen atoms in total. The first-order valence-corrected chi connectivity index (χ1v) is 6.01. The number of hydrogen-bond donors (Lipinski definition) is 2. The van der Waals surface area contributed by atoms with Crippen molar-refractivity contribution in [2.24, 2.45) is 0 Å². The van der Waals surface area contributed by atoms with Crippen LogP contribution in [0.1, 0.15) is 28.5 Å². The minimum atomic E-state index is -0.729. The molecule has 0 bridgehead atoms. The quantitative estimate of drug-likeness (QED) is 0.809. The third-order valence-electron chi connectivity index (χ3n) is 2.87. The highest BCUT2D eigenvalue weighted by Gasteiger charge is 2.27. The Balaban J connectivity index is 2.07. The summed E-state index contributed by atoms with van der Waals surface area (Å²) in [5.74, 6) is -0.306. The zero-order valence-corrected chi connectivity index (χ0v) is 9.51. The van der Waals surface area contributed by atoms with E-state index in [4.69, 9.17) is 5.11 Å². The van der Waals surface area contributed by atoms with Gasteiger partial charge < -0.3 is 10.4 Å². The van der Waals surface area contributed by atoms with Crippen molar-refractivity contribution in [1.82, 2.24) is 5.32 Å². The van der Waals surface area contributed by atoms with Crippen molar-refractivity contribution in [2.45, 2.75) is 31.7 Å². The first-order chi connectivity index (χ1) is 7.16. The molecule has 82 valence electrons. The third kappa shape index (κ3) is 2.38. The molecule has 0 aliphatic carbocycles. The van der Waals surface area contributed by atoms with Gasteiger partial charge in [0.1, 0.15) is 6.04 Å². The average molecular weight is 225 g/mol. The summed E-state index contributed by atoms with van der Waals surface area (Å²) in [6.45, 7) is 2.89. The van der Waals surface area contributed by atoms with Crippen LogP contribution >= 0.6 is 11.3 Å². The molecular formula is C11H15NO2S. The van der Waals surface area contributed by atoms with Crippen molar-refractivity contribution in [2.75, 3.05) is 6.54 Å². The number of aryl methyl sites for hydroxylation is 1. The molecule has 2 unspecified atom stereocenters. The molecule has 15 heavy (non-hydrogen) atoms. The van der Waals surface area contributed by atoms with Gasteiger partial charge in [-0.1, -0.05) is 0 Å². The minimum Gasteiger partial charge on any atom is -0.480 e. The number of thiophene rings is 1. The van der Waals surface area contributed by atoms with Crippen LogP contribution < -0.4 is 5.32 Å². The van der Waals surface area contributed by atoms with Gasteiger partial charge in [0.25, 0.3) is 0 Å². The summed E-state index contributed by atoms with van der Waals surface area (Å²) in [5, 5.41) is 12.0. The molecule has 1 aromatic rings. The van der Waals surface area contributed by atoms with E-state index in [1.165, 1.54) is 9.75 Å². The first kappa shape index (κ1) is 10.6. The van der Waals surface area contributed by atoms with Gasteiger partial charge in [0.2, 0.25) is 0 Å². The lowest BCUT2D eigenvalue weighted by Crippen LogP contribution is -2.42. The van der Waals surface area contributed by atoms with Gasteiger partial charge in [0.05, 0.1) is 0 Å². The fourth-order valence-corrected chi connectivity index (χ4v) is 3.06. The predicted molar refractivity (Wildman–Crippen MR) is 60.5 cm³/mol. The van der Waals surface area contributed by atoms with Gasteiger partial charge in [0.15, 0.2) is 0 Å². The van der Waals surface area contributed by atoms with Gasteiger partial charge in [0, 0.05) is 9.75 Å². The Labute approximate surface area is 93.1 Å². The Kier molecular flexibility index (Phi) is 3.07. The van der Waals surface area contributed by atoms with Crippen molar-refractivity contribution < 1.29 is 9.90 Å². The lowest BCUT2D eigenvalue weighted by atomic mass is 9.91. The first-order valence-electron chi connectivity index (χ1n) is 5.19. The van der Waals surface area contributed by atoms with E-state index >= 15 is 0 Å². The molecule has 1 aliphatic heterocycles. The van der Waals surface area contributed by atoms with Crippen LogP contribution in [0.15, 0.2) is 12.1 Å². The summed E-state index contributed by atoms with van der Waals surface area (Å²) >= 11 is 1.79. The molecule has 2 heterocycles. The fourth-order valence-electron chi connectivity index (χ4n) is 2.04. The van der Waals surface area contributed by atoms with Gasteiger partial charge in [-0.05, 0) is 44.4 Å². The van der Waals surface area contributed by atoms with Crippen molar-refractivity contribution in [1.29, 1.82) is 0 Å². The van der Waals surface area contributed by atoms with Crippen molar-refractivity contribution in [3.8, 4) is 0 Å². The largest absolute Gasteiger partial charge is 0.480 e. The summed E-state index contributed by atoms with van der Waals surface area (Å²) in [6, 6.07) is 3.87. The monoisotopic (exact) mass is 225 g/mol. The lowest BCUT2D eigenvalue weighted by Gasteiger charge is -2.27. The Bertz CT molecular complexity index is 361. The van der Waals surface area contributed by atoms with Gasteiger partial charge in [-0.2, -0.15) is 0 Å². The summed E-state index contributed by atoms with van der Waals surface area (Å²) in [4.78, 5) is 13.5. The number of carboxylic acid groups (broad SMARTS) is 1. The van der Waals surface area contributed by atoms with Crippen molar-refractivity contribution in [3.63, 3.8) is 0 Å². The van der Waals surface area contributed by atoms with E-state index in [2.05, 4.69) is 24.4 Å². The van der Waals surface area contributed by atoms with Gasteiger partial charge >= 0.3 is 5.97 Å². The van der Waals surface area contributed by atoms with Crippen LogP contribution in [0.4, 0.5) is 0 Å². The number of rotatable bonds is 2. The second-order valence-electron chi connectivity index (χ2n) is 4.01. The van der Waals surface area contributed by atoms with Crippen LogP contribution in [0.25, 0.3) is 0 Å². The highest BCUT2D eigenvalue weighted by atomic mass is 32.1. The van der Waals surface area contributed by atoms with Crippen LogP contribution in [0.5, 0.6) is 0 Å². The lowest BCUT2D eigenvalue weighted by molar-refractivity contribution is -0.140. The smallest absolute Gasteiger partial charge is 0.320 e. The maximum atomic E-state index is 10.9. The maximum Gasteiger partial charge on any atom is 0.320 e. The van der Waals surface area contributed by atoms with E-state index in [1.54, 1.807) is 11.3 Å². The van der Waals surface area contributed by atoms with E-state index < -0.39 is 5.97 Å². The van der Waals surface area contributed by atoms with Gasteiger partial charge in [-0.25, -0.2) is 0 Å². The molecule has 0 radical (unpaired) electrons. The number of hydrogen-bond acceptors (Lipinski definition) is 3. The minimum absolute atomic E-state index is 0.369. The standard InChI is InChI=1S/C11H15NO2S/c1-7-2-3-10(15-7)8-4-5-12-9(6-8)11(13)14/h2-3,8-9,12H,4-6H2,1H3,(H,13,14). The van der Waals surface area contributed by atoms with Gasteiger partial charge in [-0.3, -0.25) is 4.79 Å². The molecule has 2 rings (SSSR count). The Morgan fingerprint density at radius 3 is 3.00 bits per heavy atom. The van der Waals surface area contributed by atoms with Crippen LogP contribution in [-0.4, -0.2) is 23.7 Å². The second-order valence-corrected chi connectivity index (χ2v) is 5.33. The van der Waals surface area contributed by atoms with E-state index in [0.29, 0.717) is 5.92 Å². The highest BCUT2D eigenvalue weighted by Crippen LogP contribution is 2.32. The average Bonchev–Trinajstić information content (AvgIpc) is 2.65. The Hall–Kier alpha value is -0.870. The molecular weight excluding hydrogens is 210 g/mol. The molecule has 1 fully saturated rings. The SMILES string of the molecule is Cc1ccc(C2CCNC(C(=O)O)C2)s1. The molecule has 0 saturated carbocycles. The molecule has 4 heteroatoms. The molecule has 2 atom stereocenters. The number of piperidine rings is 1. The Morgan fingerprint density at radius 2 is 2.40 bits per heavy atom.